The fraction of sp³-hybridized carbons (Fsp3) is 0.586. The zero-order chi connectivity index (χ0) is 28.7. The summed E-state index contributed by atoms with van der Waals surface area (Å²) in [5, 5.41) is 14.0. The SMILES string of the molecule is C[C@]12CC(c3ccc(S(=O)(=O)C4CC4)cc3)C3=C4CCC(=O)C=C4CCC3C1CC[C@@]2(O)C(F)(F)C#SP(I)I. The first-order valence-corrected chi connectivity index (χ1v) is 23.6. The van der Waals surface area contributed by atoms with Crippen molar-refractivity contribution in [2.45, 2.75) is 92.3 Å². The molecule has 1 aromatic rings. The topological polar surface area (TPSA) is 71.4 Å². The van der Waals surface area contributed by atoms with Gasteiger partial charge < -0.3 is 5.11 Å². The summed E-state index contributed by atoms with van der Waals surface area (Å²) in [6.07, 6.45) is 6.62. The van der Waals surface area contributed by atoms with Crippen LogP contribution in [0.4, 0.5) is 8.78 Å². The zero-order valence-electron chi connectivity index (χ0n) is 22.0. The van der Waals surface area contributed by atoms with E-state index in [1.807, 2.05) is 19.1 Å². The number of allylic oxidation sites excluding steroid dienone is 4. The Kier molecular flexibility index (Phi) is 7.96. The minimum absolute atomic E-state index is 0.0146. The van der Waals surface area contributed by atoms with Crippen molar-refractivity contribution >= 4 is 72.9 Å². The van der Waals surface area contributed by atoms with Crippen LogP contribution in [0, 0.1) is 22.4 Å². The Bertz CT molecular complexity index is 1490. The molecular weight excluding hydrogens is 799 g/mol. The highest BCUT2D eigenvalue weighted by Crippen LogP contribution is 2.69. The van der Waals surface area contributed by atoms with Crippen molar-refractivity contribution in [3.63, 3.8) is 0 Å². The van der Waals surface area contributed by atoms with Gasteiger partial charge in [0.25, 0.3) is 0 Å². The first-order chi connectivity index (χ1) is 18.8. The number of alkyl halides is 2. The molecule has 3 saturated carbocycles. The van der Waals surface area contributed by atoms with Crippen molar-refractivity contribution in [3.05, 3.63) is 52.6 Å². The van der Waals surface area contributed by atoms with Gasteiger partial charge in [-0.1, -0.05) is 35.4 Å². The lowest BCUT2D eigenvalue weighted by atomic mass is 9.50. The molecule has 0 amide bonds. The lowest BCUT2D eigenvalue weighted by Gasteiger charge is -2.55. The van der Waals surface area contributed by atoms with E-state index in [0.29, 0.717) is 43.4 Å². The third-order valence-electron chi connectivity index (χ3n) is 10.2. The van der Waals surface area contributed by atoms with Crippen molar-refractivity contribution in [3.8, 4) is 5.18 Å². The third kappa shape index (κ3) is 4.82. The average Bonchev–Trinajstić information content (AvgIpc) is 3.73. The van der Waals surface area contributed by atoms with Gasteiger partial charge in [0.1, 0.15) is 8.01 Å². The smallest absolute Gasteiger partial charge is 0.338 e. The molecule has 0 radical (unpaired) electrons. The van der Waals surface area contributed by atoms with Crippen molar-refractivity contribution in [2.24, 2.45) is 17.3 Å². The van der Waals surface area contributed by atoms with Crippen LogP contribution in [0.1, 0.15) is 76.2 Å². The van der Waals surface area contributed by atoms with Crippen molar-refractivity contribution < 1.29 is 27.1 Å². The molecule has 6 rings (SSSR count). The summed E-state index contributed by atoms with van der Waals surface area (Å²) in [4.78, 5) is 12.6. The number of halogens is 4. The number of hydrogen-bond donors (Lipinski definition) is 1. The van der Waals surface area contributed by atoms with Gasteiger partial charge in [-0.25, -0.2) is 8.42 Å². The minimum atomic E-state index is -3.48. The number of benzene rings is 1. The molecular formula is C29H31F2I2O4PS2. The second kappa shape index (κ2) is 10.6. The molecule has 40 heavy (non-hydrogen) atoms. The van der Waals surface area contributed by atoms with Gasteiger partial charge in [-0.15, -0.1) is 0 Å². The van der Waals surface area contributed by atoms with E-state index in [1.54, 1.807) is 18.2 Å². The Morgan fingerprint density at radius 3 is 2.45 bits per heavy atom. The Labute approximate surface area is 265 Å². The molecule has 216 valence electrons. The summed E-state index contributed by atoms with van der Waals surface area (Å²) >= 11 is 4.24. The van der Waals surface area contributed by atoms with Gasteiger partial charge in [0.05, 0.1) is 10.1 Å². The largest absolute Gasteiger partial charge is 0.382 e. The molecule has 1 aromatic carbocycles. The van der Waals surface area contributed by atoms with E-state index in [9.17, 15) is 18.3 Å². The summed E-state index contributed by atoms with van der Waals surface area (Å²) in [6, 6.07) is 7.02. The normalized spacial score (nSPS) is 34.1. The quantitative estimate of drug-likeness (QED) is 0.244. The molecule has 1 N–H and O–H groups in total. The number of carbonyl (C=O) groups excluding carboxylic acids is 1. The van der Waals surface area contributed by atoms with Gasteiger partial charge in [0, 0.05) is 17.8 Å². The maximum atomic E-state index is 15.9. The van der Waals surface area contributed by atoms with Crippen LogP contribution in [0.25, 0.3) is 0 Å². The predicted octanol–water partition coefficient (Wildman–Crippen LogP) is 8.68. The van der Waals surface area contributed by atoms with E-state index in [4.69, 9.17) is 0 Å². The maximum absolute atomic E-state index is 15.9. The zero-order valence-corrected chi connectivity index (χ0v) is 28.9. The van der Waals surface area contributed by atoms with Crippen LogP contribution in [-0.4, -0.2) is 36.1 Å². The number of ketones is 1. The predicted molar refractivity (Wildman–Crippen MR) is 173 cm³/mol. The molecule has 5 aliphatic carbocycles. The van der Waals surface area contributed by atoms with E-state index in [2.05, 4.69) is 49.3 Å². The van der Waals surface area contributed by atoms with Crippen molar-refractivity contribution in [1.82, 2.24) is 0 Å². The molecule has 11 heteroatoms. The number of rotatable bonds is 4. The molecule has 3 fully saturated rings. The fourth-order valence-corrected chi connectivity index (χ4v) is 12.4. The molecule has 5 aliphatic rings. The number of sulfone groups is 1. The number of aliphatic hydroxyl groups is 1. The Hall–Kier alpha value is 0.0300. The molecule has 3 unspecified atom stereocenters. The second-order valence-corrected chi connectivity index (χ2v) is 32.1. The summed E-state index contributed by atoms with van der Waals surface area (Å²) in [7, 11) is -2.37. The minimum Gasteiger partial charge on any atom is -0.382 e. The van der Waals surface area contributed by atoms with Gasteiger partial charge in [-0.05, 0) is 147 Å². The monoisotopic (exact) mass is 830 g/mol. The van der Waals surface area contributed by atoms with Gasteiger partial charge >= 0.3 is 5.92 Å². The van der Waals surface area contributed by atoms with Crippen LogP contribution < -0.4 is 0 Å². The summed E-state index contributed by atoms with van der Waals surface area (Å²) in [5.74, 6) is -3.67. The Morgan fingerprint density at radius 1 is 1.10 bits per heavy atom. The van der Waals surface area contributed by atoms with Crippen LogP contribution in [0.3, 0.4) is 0 Å². The summed E-state index contributed by atoms with van der Waals surface area (Å²) in [6.45, 7) is 1.85. The summed E-state index contributed by atoms with van der Waals surface area (Å²) in [5.41, 5.74) is 1.09. The van der Waals surface area contributed by atoms with Gasteiger partial charge in [-0.2, -0.15) is 8.78 Å². The number of fused-ring (bicyclic) bond motifs is 4. The molecule has 0 heterocycles. The first-order valence-electron chi connectivity index (χ1n) is 13.7. The second-order valence-electron chi connectivity index (χ2n) is 12.2. The highest BCUT2D eigenvalue weighted by Gasteiger charge is 2.71. The van der Waals surface area contributed by atoms with Crippen LogP contribution in [0.5, 0.6) is 0 Å². The van der Waals surface area contributed by atoms with Crippen LogP contribution >= 0.6 is 57.3 Å². The molecule has 0 aromatic heterocycles. The average molecular weight is 830 g/mol. The third-order valence-corrected chi connectivity index (χ3v) is 17.2. The Morgan fingerprint density at radius 2 is 1.80 bits per heavy atom. The van der Waals surface area contributed by atoms with E-state index < -0.39 is 29.2 Å². The van der Waals surface area contributed by atoms with E-state index >= 15 is 8.78 Å². The van der Waals surface area contributed by atoms with E-state index in [0.717, 1.165) is 34.8 Å². The van der Waals surface area contributed by atoms with Crippen LogP contribution in [0.2, 0.25) is 0 Å². The molecule has 0 saturated heterocycles. The van der Waals surface area contributed by atoms with Crippen LogP contribution in [0.15, 0.2) is 52.0 Å². The molecule has 5 atom stereocenters. The number of hydrogen-bond acceptors (Lipinski definition) is 4. The molecule has 0 spiro atoms. The molecule has 4 nitrogen and oxygen atoms in total. The first kappa shape index (κ1) is 30.1. The highest BCUT2D eigenvalue weighted by molar-refractivity contribution is 14.3. The lowest BCUT2D eigenvalue weighted by Crippen LogP contribution is -2.59. The van der Waals surface area contributed by atoms with Gasteiger partial charge in [0.15, 0.2) is 15.6 Å². The molecule has 0 aliphatic heterocycles. The fourth-order valence-electron chi connectivity index (χ4n) is 8.12. The van der Waals surface area contributed by atoms with Gasteiger partial charge in [-0.3, -0.25) is 4.79 Å². The van der Waals surface area contributed by atoms with E-state index in [1.165, 1.54) is 11.1 Å². The van der Waals surface area contributed by atoms with Crippen LogP contribution in [-0.2, 0) is 14.6 Å². The maximum Gasteiger partial charge on any atom is 0.338 e. The Balaban J connectivity index is 1.48. The highest BCUT2D eigenvalue weighted by atomic mass is 127. The standard InChI is InChI=1S/C29H31F2I2O4PS2/c1-27-15-24(17-2-6-20(7-3-17)40(36,37)21-8-9-21)26-22-11-5-19(34)14-18(22)4-10-23(26)25(27)12-13-28(27,35)29(30,31)16-39-38(32)33/h2-3,6-7,14,21,23-25,35H,4-5,8-13,15H2,1H3/t23?,24?,25?,27-,28-/m0/s1. The van der Waals surface area contributed by atoms with Crippen molar-refractivity contribution in [1.29, 1.82) is 0 Å². The lowest BCUT2D eigenvalue weighted by molar-refractivity contribution is -0.208. The summed E-state index contributed by atoms with van der Waals surface area (Å²) < 4.78 is 56.8. The van der Waals surface area contributed by atoms with E-state index in [-0.39, 0.29) is 35.2 Å². The van der Waals surface area contributed by atoms with Gasteiger partial charge in [0.2, 0.25) is 0 Å². The number of carbonyl (C=O) groups is 1. The molecule has 0 bridgehead atoms. The van der Waals surface area contributed by atoms with Crippen molar-refractivity contribution in [2.75, 3.05) is 0 Å².